The van der Waals surface area contributed by atoms with Gasteiger partial charge in [0.05, 0.1) is 12.4 Å². The number of halogens is 2. The molecule has 2 N–H and O–H groups in total. The van der Waals surface area contributed by atoms with Gasteiger partial charge in [-0.15, -0.1) is 0 Å². The van der Waals surface area contributed by atoms with Crippen molar-refractivity contribution in [1.29, 1.82) is 0 Å². The summed E-state index contributed by atoms with van der Waals surface area (Å²) in [6.45, 7) is 1.60. The molecule has 3 heterocycles. The number of nitrogens with zero attached hydrogens (tertiary/aromatic N) is 4. The average molecular weight is 378 g/mol. The SMILES string of the molecule is C[C@H]1O[C@@H](n2cnc3c(OCc4ccc(F)c(F)c4)ncnc32)[C@H](O)[C@@H]1O. The molecule has 3 aromatic rings. The fourth-order valence-corrected chi connectivity index (χ4v) is 2.96. The maximum absolute atomic E-state index is 13.3. The highest BCUT2D eigenvalue weighted by Gasteiger charge is 2.42. The van der Waals surface area contributed by atoms with Crippen LogP contribution in [0.4, 0.5) is 8.78 Å². The summed E-state index contributed by atoms with van der Waals surface area (Å²) in [6.07, 6.45) is -0.912. The molecule has 1 aliphatic heterocycles. The minimum atomic E-state index is -1.14. The monoisotopic (exact) mass is 378 g/mol. The summed E-state index contributed by atoms with van der Waals surface area (Å²) in [5.41, 5.74) is 1.08. The molecule has 0 amide bonds. The van der Waals surface area contributed by atoms with Crippen molar-refractivity contribution in [3.05, 3.63) is 48.1 Å². The minimum Gasteiger partial charge on any atom is -0.471 e. The Morgan fingerprint density at radius 2 is 1.96 bits per heavy atom. The van der Waals surface area contributed by atoms with Crippen LogP contribution in [-0.4, -0.2) is 48.0 Å². The molecule has 1 aliphatic rings. The van der Waals surface area contributed by atoms with E-state index in [0.29, 0.717) is 16.7 Å². The number of rotatable bonds is 4. The molecule has 10 heteroatoms. The second kappa shape index (κ2) is 6.80. The number of aliphatic hydroxyl groups is 2. The van der Waals surface area contributed by atoms with E-state index in [9.17, 15) is 19.0 Å². The van der Waals surface area contributed by atoms with Crippen LogP contribution in [0.2, 0.25) is 0 Å². The van der Waals surface area contributed by atoms with Gasteiger partial charge in [0, 0.05) is 0 Å². The molecular formula is C17H16F2N4O4. The zero-order valence-electron chi connectivity index (χ0n) is 14.2. The summed E-state index contributed by atoms with van der Waals surface area (Å²) in [7, 11) is 0. The lowest BCUT2D eigenvalue weighted by molar-refractivity contribution is -0.0299. The third-order valence-electron chi connectivity index (χ3n) is 4.44. The first-order chi connectivity index (χ1) is 13.0. The predicted molar refractivity (Wildman–Crippen MR) is 87.6 cm³/mol. The summed E-state index contributed by atoms with van der Waals surface area (Å²) in [4.78, 5) is 12.4. The predicted octanol–water partition coefficient (Wildman–Crippen LogP) is 1.32. The fourth-order valence-electron chi connectivity index (χ4n) is 2.96. The third kappa shape index (κ3) is 3.11. The first kappa shape index (κ1) is 17.7. The van der Waals surface area contributed by atoms with Gasteiger partial charge in [0.15, 0.2) is 29.0 Å². The number of ether oxygens (including phenoxy) is 2. The van der Waals surface area contributed by atoms with Gasteiger partial charge in [-0.25, -0.2) is 18.7 Å². The van der Waals surface area contributed by atoms with Crippen LogP contribution in [0.3, 0.4) is 0 Å². The lowest BCUT2D eigenvalue weighted by Crippen LogP contribution is -2.30. The summed E-state index contributed by atoms with van der Waals surface area (Å²) in [5.74, 6) is -1.76. The van der Waals surface area contributed by atoms with Crippen molar-refractivity contribution in [2.45, 2.75) is 38.1 Å². The quantitative estimate of drug-likeness (QED) is 0.706. The summed E-state index contributed by atoms with van der Waals surface area (Å²) >= 11 is 0. The summed E-state index contributed by atoms with van der Waals surface area (Å²) in [5, 5.41) is 20.1. The highest BCUT2D eigenvalue weighted by molar-refractivity contribution is 5.76. The van der Waals surface area contributed by atoms with Crippen LogP contribution in [0.15, 0.2) is 30.9 Å². The molecule has 1 saturated heterocycles. The Labute approximate surface area is 152 Å². The van der Waals surface area contributed by atoms with Crippen LogP contribution in [0.25, 0.3) is 11.2 Å². The summed E-state index contributed by atoms with van der Waals surface area (Å²) < 4.78 is 39.0. The second-order valence-electron chi connectivity index (χ2n) is 6.25. The Kier molecular flexibility index (Phi) is 4.46. The van der Waals surface area contributed by atoms with Gasteiger partial charge in [-0.05, 0) is 24.6 Å². The van der Waals surface area contributed by atoms with Crippen molar-refractivity contribution >= 4 is 11.2 Å². The maximum atomic E-state index is 13.3. The van der Waals surface area contributed by atoms with Gasteiger partial charge in [0.25, 0.3) is 0 Å². The van der Waals surface area contributed by atoms with E-state index in [1.54, 1.807) is 6.92 Å². The number of imidazole rings is 1. The van der Waals surface area contributed by atoms with Crippen molar-refractivity contribution in [1.82, 2.24) is 19.5 Å². The van der Waals surface area contributed by atoms with E-state index < -0.39 is 36.2 Å². The fraction of sp³-hybridized carbons (Fsp3) is 0.353. The number of hydrogen-bond donors (Lipinski definition) is 2. The molecule has 0 bridgehead atoms. The Morgan fingerprint density at radius 1 is 1.15 bits per heavy atom. The molecule has 0 spiro atoms. The Morgan fingerprint density at radius 3 is 2.67 bits per heavy atom. The maximum Gasteiger partial charge on any atom is 0.245 e. The van der Waals surface area contributed by atoms with Gasteiger partial charge in [-0.1, -0.05) is 6.07 Å². The first-order valence-electron chi connectivity index (χ1n) is 8.21. The molecular weight excluding hydrogens is 362 g/mol. The number of aromatic nitrogens is 4. The highest BCUT2D eigenvalue weighted by atomic mass is 19.2. The highest BCUT2D eigenvalue weighted by Crippen LogP contribution is 2.32. The first-order valence-corrected chi connectivity index (χ1v) is 8.21. The molecule has 4 rings (SSSR count). The average Bonchev–Trinajstić information content (AvgIpc) is 3.19. The van der Waals surface area contributed by atoms with Crippen LogP contribution in [-0.2, 0) is 11.3 Å². The van der Waals surface area contributed by atoms with Gasteiger partial charge in [-0.2, -0.15) is 4.98 Å². The number of hydrogen-bond acceptors (Lipinski definition) is 7. The zero-order chi connectivity index (χ0) is 19.1. The van der Waals surface area contributed by atoms with Gasteiger partial charge < -0.3 is 19.7 Å². The molecule has 2 aromatic heterocycles. The van der Waals surface area contributed by atoms with Gasteiger partial charge in [0.2, 0.25) is 5.88 Å². The number of benzene rings is 1. The van der Waals surface area contributed by atoms with Crippen LogP contribution in [0.5, 0.6) is 5.88 Å². The number of aliphatic hydroxyl groups excluding tert-OH is 2. The summed E-state index contributed by atoms with van der Waals surface area (Å²) in [6, 6.07) is 3.46. The Hall–Kier alpha value is -2.69. The Balaban J connectivity index is 1.60. The molecule has 0 unspecified atom stereocenters. The molecule has 142 valence electrons. The molecule has 8 nitrogen and oxygen atoms in total. The van der Waals surface area contributed by atoms with E-state index >= 15 is 0 Å². The van der Waals surface area contributed by atoms with Gasteiger partial charge in [-0.3, -0.25) is 4.57 Å². The lowest BCUT2D eigenvalue weighted by Gasteiger charge is -2.16. The van der Waals surface area contributed by atoms with Gasteiger partial charge >= 0.3 is 0 Å². The largest absolute Gasteiger partial charge is 0.471 e. The van der Waals surface area contributed by atoms with Crippen LogP contribution in [0, 0.1) is 11.6 Å². The number of fused-ring (bicyclic) bond motifs is 1. The van der Waals surface area contributed by atoms with Crippen molar-refractivity contribution in [3.8, 4) is 5.88 Å². The second-order valence-corrected chi connectivity index (χ2v) is 6.25. The molecule has 1 fully saturated rings. The lowest BCUT2D eigenvalue weighted by atomic mass is 10.1. The van der Waals surface area contributed by atoms with E-state index in [-0.39, 0.29) is 12.5 Å². The standard InChI is InChI=1S/C17H16F2N4O4/c1-8-13(24)14(25)17(27-8)23-7-22-12-15(23)20-6-21-16(12)26-5-9-2-3-10(18)11(19)4-9/h2-4,6-8,13-14,17,24-25H,5H2,1H3/t8-,13-,14-,17-/m1/s1. The van der Waals surface area contributed by atoms with Gasteiger partial charge in [0.1, 0.15) is 25.1 Å². The van der Waals surface area contributed by atoms with Crippen LogP contribution < -0.4 is 4.74 Å². The van der Waals surface area contributed by atoms with Crippen molar-refractivity contribution < 1.29 is 28.5 Å². The van der Waals surface area contributed by atoms with Crippen LogP contribution in [0.1, 0.15) is 18.7 Å². The Bertz CT molecular complexity index is 983. The molecule has 1 aromatic carbocycles. The molecule has 0 radical (unpaired) electrons. The van der Waals surface area contributed by atoms with E-state index in [1.807, 2.05) is 0 Å². The topological polar surface area (TPSA) is 103 Å². The molecule has 0 saturated carbocycles. The molecule has 4 atom stereocenters. The van der Waals surface area contributed by atoms with E-state index in [0.717, 1.165) is 12.1 Å². The third-order valence-corrected chi connectivity index (χ3v) is 4.44. The van der Waals surface area contributed by atoms with E-state index in [1.165, 1.54) is 23.3 Å². The smallest absolute Gasteiger partial charge is 0.245 e. The van der Waals surface area contributed by atoms with Crippen molar-refractivity contribution in [3.63, 3.8) is 0 Å². The van der Waals surface area contributed by atoms with Crippen LogP contribution >= 0.6 is 0 Å². The molecule has 0 aliphatic carbocycles. The minimum absolute atomic E-state index is 0.0471. The van der Waals surface area contributed by atoms with E-state index in [4.69, 9.17) is 9.47 Å². The molecule has 27 heavy (non-hydrogen) atoms. The van der Waals surface area contributed by atoms with Crippen molar-refractivity contribution in [2.75, 3.05) is 0 Å². The zero-order valence-corrected chi connectivity index (χ0v) is 14.2. The van der Waals surface area contributed by atoms with Crippen molar-refractivity contribution in [2.24, 2.45) is 0 Å². The normalized spacial score (nSPS) is 25.2. The van der Waals surface area contributed by atoms with E-state index in [2.05, 4.69) is 15.0 Å².